The first-order chi connectivity index (χ1) is 9.89. The maximum Gasteiger partial charge on any atom is 0.410 e. The monoisotopic (exact) mass is 293 g/mol. The van der Waals surface area contributed by atoms with Crippen LogP contribution in [0.3, 0.4) is 0 Å². The van der Waals surface area contributed by atoms with Gasteiger partial charge in [-0.25, -0.2) is 4.79 Å². The Labute approximate surface area is 127 Å². The van der Waals surface area contributed by atoms with Gasteiger partial charge in [-0.1, -0.05) is 19.3 Å². The van der Waals surface area contributed by atoms with E-state index in [9.17, 15) is 10.1 Å². The number of nitrogens with zero attached hydrogens (tertiary/aromatic N) is 2. The van der Waals surface area contributed by atoms with Gasteiger partial charge in [0.15, 0.2) is 0 Å². The molecule has 1 unspecified atom stereocenters. The lowest BCUT2D eigenvalue weighted by molar-refractivity contribution is 0.00392. The summed E-state index contributed by atoms with van der Waals surface area (Å²) in [5.74, 6) is 0.472. The summed E-state index contributed by atoms with van der Waals surface area (Å²) in [7, 11) is 0. The van der Waals surface area contributed by atoms with Gasteiger partial charge in [0.1, 0.15) is 5.60 Å². The Morgan fingerprint density at radius 3 is 2.43 bits per heavy atom. The van der Waals surface area contributed by atoms with Crippen LogP contribution in [0.15, 0.2) is 0 Å². The van der Waals surface area contributed by atoms with Crippen molar-refractivity contribution in [2.24, 2.45) is 5.92 Å². The van der Waals surface area contributed by atoms with E-state index in [-0.39, 0.29) is 18.2 Å². The number of ether oxygens (including phenoxy) is 1. The third kappa shape index (κ3) is 4.60. The van der Waals surface area contributed by atoms with Crippen LogP contribution in [0.5, 0.6) is 0 Å². The largest absolute Gasteiger partial charge is 0.444 e. The molecule has 5 nitrogen and oxygen atoms in total. The van der Waals surface area contributed by atoms with Gasteiger partial charge < -0.3 is 9.64 Å². The zero-order chi connectivity index (χ0) is 15.5. The van der Waals surface area contributed by atoms with Crippen molar-refractivity contribution in [3.05, 3.63) is 0 Å². The molecule has 0 aromatic carbocycles. The van der Waals surface area contributed by atoms with Crippen LogP contribution in [0.4, 0.5) is 4.79 Å². The number of rotatable bonds is 3. The van der Waals surface area contributed by atoms with Crippen molar-refractivity contribution in [3.63, 3.8) is 0 Å². The van der Waals surface area contributed by atoms with Crippen LogP contribution in [0.25, 0.3) is 0 Å². The summed E-state index contributed by atoms with van der Waals surface area (Å²) in [5.41, 5.74) is -0.452. The van der Waals surface area contributed by atoms with Gasteiger partial charge in [0, 0.05) is 19.1 Å². The average molecular weight is 293 g/mol. The Morgan fingerprint density at radius 1 is 1.29 bits per heavy atom. The van der Waals surface area contributed by atoms with E-state index in [1.54, 1.807) is 4.90 Å². The zero-order valence-corrected chi connectivity index (χ0v) is 13.4. The molecule has 1 saturated carbocycles. The predicted octanol–water partition coefficient (Wildman–Crippen LogP) is 2.67. The van der Waals surface area contributed by atoms with Gasteiger partial charge in [0.25, 0.3) is 0 Å². The molecular formula is C16H27N3O2. The quantitative estimate of drug-likeness (QED) is 0.869. The van der Waals surface area contributed by atoms with E-state index in [1.165, 1.54) is 19.3 Å². The minimum Gasteiger partial charge on any atom is -0.444 e. The molecule has 5 heteroatoms. The molecule has 0 aromatic heterocycles. The highest BCUT2D eigenvalue weighted by atomic mass is 16.6. The molecule has 0 spiro atoms. The highest BCUT2D eigenvalue weighted by Gasteiger charge is 2.36. The molecule has 2 aliphatic rings. The standard InChI is InChI=1S/C16H27N3O2/c1-16(2,3)21-15(20)19-10-13(11-19)18-14(9-17)12-7-5-4-6-8-12/h12-14,18H,4-8,10-11H2,1-3H3. The maximum absolute atomic E-state index is 11.9. The van der Waals surface area contributed by atoms with E-state index in [0.717, 1.165) is 12.8 Å². The lowest BCUT2D eigenvalue weighted by Gasteiger charge is -2.42. The van der Waals surface area contributed by atoms with E-state index in [0.29, 0.717) is 19.0 Å². The lowest BCUT2D eigenvalue weighted by Crippen LogP contribution is -2.63. The van der Waals surface area contributed by atoms with Crippen LogP contribution in [0.2, 0.25) is 0 Å². The highest BCUT2D eigenvalue weighted by Crippen LogP contribution is 2.27. The molecule has 118 valence electrons. The fourth-order valence-corrected chi connectivity index (χ4v) is 3.06. The number of carbonyl (C=O) groups excluding carboxylic acids is 1. The van der Waals surface area contributed by atoms with Gasteiger partial charge in [-0.3, -0.25) is 5.32 Å². The third-order valence-corrected chi connectivity index (χ3v) is 4.21. The fraction of sp³-hybridized carbons (Fsp3) is 0.875. The summed E-state index contributed by atoms with van der Waals surface area (Å²) in [6, 6.07) is 2.56. The summed E-state index contributed by atoms with van der Waals surface area (Å²) in [6.07, 6.45) is 5.80. The first-order valence-electron chi connectivity index (χ1n) is 8.02. The number of carbonyl (C=O) groups is 1. The van der Waals surface area contributed by atoms with Gasteiger partial charge in [-0.15, -0.1) is 0 Å². The molecule has 1 N–H and O–H groups in total. The fourth-order valence-electron chi connectivity index (χ4n) is 3.06. The Kier molecular flexibility index (Phi) is 5.10. The normalized spacial score (nSPS) is 22.3. The molecule has 2 fully saturated rings. The van der Waals surface area contributed by atoms with Crippen molar-refractivity contribution in [2.45, 2.75) is 70.6 Å². The van der Waals surface area contributed by atoms with Gasteiger partial charge in [-0.2, -0.15) is 5.26 Å². The third-order valence-electron chi connectivity index (χ3n) is 4.21. The van der Waals surface area contributed by atoms with Crippen molar-refractivity contribution in [1.82, 2.24) is 10.2 Å². The van der Waals surface area contributed by atoms with Crippen LogP contribution in [-0.2, 0) is 4.74 Å². The summed E-state index contributed by atoms with van der Waals surface area (Å²) in [6.45, 7) is 6.89. The van der Waals surface area contributed by atoms with Gasteiger partial charge in [0.05, 0.1) is 12.1 Å². The molecule has 1 saturated heterocycles. The SMILES string of the molecule is CC(C)(C)OC(=O)N1CC(NC(C#N)C2CCCCC2)C1. The summed E-state index contributed by atoms with van der Waals surface area (Å²) in [5, 5.41) is 12.8. The molecule has 1 aliphatic carbocycles. The van der Waals surface area contributed by atoms with Crippen LogP contribution >= 0.6 is 0 Å². The molecular weight excluding hydrogens is 266 g/mol. The second-order valence-electron chi connectivity index (χ2n) is 7.25. The molecule has 0 aromatic rings. The first kappa shape index (κ1) is 16.1. The number of hydrogen-bond donors (Lipinski definition) is 1. The number of hydrogen-bond acceptors (Lipinski definition) is 4. The molecule has 2 rings (SSSR count). The van der Waals surface area contributed by atoms with Crippen molar-refractivity contribution in [2.75, 3.05) is 13.1 Å². The Bertz CT molecular complexity index is 399. The lowest BCUT2D eigenvalue weighted by atomic mass is 9.84. The predicted molar refractivity (Wildman–Crippen MR) is 80.7 cm³/mol. The smallest absolute Gasteiger partial charge is 0.410 e. The summed E-state index contributed by atoms with van der Waals surface area (Å²) in [4.78, 5) is 13.5. The van der Waals surface area contributed by atoms with Crippen molar-refractivity contribution < 1.29 is 9.53 Å². The minimum absolute atomic E-state index is 0.0731. The average Bonchev–Trinajstić information content (AvgIpc) is 2.36. The van der Waals surface area contributed by atoms with E-state index in [1.807, 2.05) is 20.8 Å². The highest BCUT2D eigenvalue weighted by molar-refractivity contribution is 5.69. The van der Waals surface area contributed by atoms with Gasteiger partial charge in [-0.05, 0) is 39.5 Å². The zero-order valence-electron chi connectivity index (χ0n) is 13.4. The van der Waals surface area contributed by atoms with E-state index in [2.05, 4.69) is 11.4 Å². The molecule has 1 aliphatic heterocycles. The maximum atomic E-state index is 11.9. The van der Waals surface area contributed by atoms with E-state index in [4.69, 9.17) is 4.74 Å². The second kappa shape index (κ2) is 6.65. The molecule has 0 radical (unpaired) electrons. The summed E-state index contributed by atoms with van der Waals surface area (Å²) < 4.78 is 5.33. The van der Waals surface area contributed by atoms with Crippen LogP contribution < -0.4 is 5.32 Å². The topological polar surface area (TPSA) is 65.4 Å². The van der Waals surface area contributed by atoms with Crippen LogP contribution in [-0.4, -0.2) is 41.8 Å². The molecule has 1 atom stereocenters. The van der Waals surface area contributed by atoms with E-state index >= 15 is 0 Å². The van der Waals surface area contributed by atoms with Crippen molar-refractivity contribution in [3.8, 4) is 6.07 Å². The van der Waals surface area contributed by atoms with Crippen molar-refractivity contribution >= 4 is 6.09 Å². The minimum atomic E-state index is -0.452. The van der Waals surface area contributed by atoms with E-state index < -0.39 is 5.60 Å². The molecule has 0 bridgehead atoms. The van der Waals surface area contributed by atoms with Gasteiger partial charge >= 0.3 is 6.09 Å². The van der Waals surface area contributed by atoms with Crippen molar-refractivity contribution in [1.29, 1.82) is 5.26 Å². The Balaban J connectivity index is 1.74. The second-order valence-corrected chi connectivity index (χ2v) is 7.25. The molecule has 21 heavy (non-hydrogen) atoms. The number of likely N-dealkylation sites (tertiary alicyclic amines) is 1. The van der Waals surface area contributed by atoms with Gasteiger partial charge in [0.2, 0.25) is 0 Å². The van der Waals surface area contributed by atoms with Crippen LogP contribution in [0.1, 0.15) is 52.9 Å². The number of nitrogens with one attached hydrogen (secondary N) is 1. The Morgan fingerprint density at radius 2 is 1.90 bits per heavy atom. The molecule has 1 amide bonds. The first-order valence-corrected chi connectivity index (χ1v) is 8.02. The number of nitriles is 1. The summed E-state index contributed by atoms with van der Waals surface area (Å²) >= 11 is 0. The Hall–Kier alpha value is -1.28. The number of amides is 1. The van der Waals surface area contributed by atoms with Crippen LogP contribution in [0, 0.1) is 17.2 Å². The molecule has 1 heterocycles.